The van der Waals surface area contributed by atoms with Crippen LogP contribution in [0.25, 0.3) is 0 Å². The first kappa shape index (κ1) is 12.2. The summed E-state index contributed by atoms with van der Waals surface area (Å²) in [5, 5.41) is 6.53. The lowest BCUT2D eigenvalue weighted by Crippen LogP contribution is -2.36. The Morgan fingerprint density at radius 2 is 2.24 bits per heavy atom. The van der Waals surface area contributed by atoms with Crippen molar-refractivity contribution in [2.45, 2.75) is 13.0 Å². The number of nitrogens with one attached hydrogen (secondary N) is 2. The van der Waals surface area contributed by atoms with Crippen molar-refractivity contribution in [1.82, 2.24) is 5.32 Å². The molecule has 1 aromatic carbocycles. The average Bonchev–Trinajstić information content (AvgIpc) is 2.70. The van der Waals surface area contributed by atoms with E-state index in [0.717, 1.165) is 0 Å². The Labute approximate surface area is 109 Å². The molecule has 2 rings (SSSR count). The number of amides is 1. The third-order valence-corrected chi connectivity index (χ3v) is 3.04. The van der Waals surface area contributed by atoms with Gasteiger partial charge in [0.05, 0.1) is 16.6 Å². The number of hydrogen-bond acceptors (Lipinski definition) is 3. The van der Waals surface area contributed by atoms with Crippen molar-refractivity contribution in [1.29, 1.82) is 0 Å². The number of carbonyl (C=O) groups excluding carboxylic acids is 1. The van der Waals surface area contributed by atoms with E-state index in [4.69, 9.17) is 23.2 Å². The Bertz CT molecular complexity index is 488. The van der Waals surface area contributed by atoms with Crippen LogP contribution in [0.15, 0.2) is 23.2 Å². The van der Waals surface area contributed by atoms with Gasteiger partial charge in [-0.2, -0.15) is 0 Å². The first-order valence-corrected chi connectivity index (χ1v) is 5.89. The fourth-order valence-corrected chi connectivity index (χ4v) is 1.75. The molecule has 0 spiro atoms. The number of amidine groups is 1. The van der Waals surface area contributed by atoms with Crippen LogP contribution in [0.4, 0.5) is 5.69 Å². The Balaban J connectivity index is 2.06. The van der Waals surface area contributed by atoms with Crippen molar-refractivity contribution in [3.63, 3.8) is 0 Å². The molecule has 4 nitrogen and oxygen atoms in total. The summed E-state index contributed by atoms with van der Waals surface area (Å²) < 4.78 is 0. The molecule has 1 atom stereocenters. The molecule has 1 aliphatic heterocycles. The molecule has 17 heavy (non-hydrogen) atoms. The summed E-state index contributed by atoms with van der Waals surface area (Å²) in [5.41, 5.74) is 0.591. The minimum absolute atomic E-state index is 0.199. The maximum atomic E-state index is 11.8. The SMILES string of the molecule is CC1CN=C(C(=O)Nc2ccc(Cl)c(Cl)c2)N1. The zero-order chi connectivity index (χ0) is 12.4. The smallest absolute Gasteiger partial charge is 0.290 e. The molecular weight excluding hydrogens is 261 g/mol. The lowest BCUT2D eigenvalue weighted by molar-refractivity contribution is -0.110. The molecule has 0 fully saturated rings. The van der Waals surface area contributed by atoms with Crippen LogP contribution in [0.5, 0.6) is 0 Å². The fourth-order valence-electron chi connectivity index (χ4n) is 1.45. The maximum absolute atomic E-state index is 11.8. The molecule has 0 saturated heterocycles. The van der Waals surface area contributed by atoms with Crippen LogP contribution < -0.4 is 10.6 Å². The highest BCUT2D eigenvalue weighted by molar-refractivity contribution is 6.44. The summed E-state index contributed by atoms with van der Waals surface area (Å²) in [5.74, 6) is 0.0799. The molecule has 0 radical (unpaired) electrons. The second-order valence-electron chi connectivity index (χ2n) is 3.82. The van der Waals surface area contributed by atoms with Crippen molar-refractivity contribution >= 4 is 40.6 Å². The average molecular weight is 272 g/mol. The van der Waals surface area contributed by atoms with Crippen molar-refractivity contribution in [2.75, 3.05) is 11.9 Å². The van der Waals surface area contributed by atoms with Crippen LogP contribution in [0.3, 0.4) is 0 Å². The topological polar surface area (TPSA) is 53.5 Å². The number of carbonyl (C=O) groups is 1. The summed E-state index contributed by atoms with van der Waals surface area (Å²) in [6, 6.07) is 5.11. The minimum atomic E-state index is -0.271. The van der Waals surface area contributed by atoms with Crippen molar-refractivity contribution in [3.05, 3.63) is 28.2 Å². The molecular formula is C11H11Cl2N3O. The standard InChI is InChI=1S/C11H11Cl2N3O/c1-6-5-14-10(15-6)11(17)16-7-2-3-8(12)9(13)4-7/h2-4,6H,5H2,1H3,(H,14,15)(H,16,17). The Kier molecular flexibility index (Phi) is 3.54. The van der Waals surface area contributed by atoms with E-state index >= 15 is 0 Å². The highest BCUT2D eigenvalue weighted by Gasteiger charge is 2.19. The van der Waals surface area contributed by atoms with Gasteiger partial charge in [0, 0.05) is 11.7 Å². The number of anilines is 1. The summed E-state index contributed by atoms with van der Waals surface area (Å²) in [4.78, 5) is 15.9. The van der Waals surface area contributed by atoms with E-state index in [1.807, 2.05) is 6.92 Å². The summed E-state index contributed by atoms with van der Waals surface area (Å²) in [6.45, 7) is 2.58. The second kappa shape index (κ2) is 4.94. The van der Waals surface area contributed by atoms with E-state index in [1.54, 1.807) is 18.2 Å². The lowest BCUT2D eigenvalue weighted by Gasteiger charge is -2.08. The van der Waals surface area contributed by atoms with Crippen LogP contribution in [0.2, 0.25) is 10.0 Å². The Morgan fingerprint density at radius 3 is 2.82 bits per heavy atom. The molecule has 1 unspecified atom stereocenters. The van der Waals surface area contributed by atoms with Crippen LogP contribution in [-0.4, -0.2) is 24.3 Å². The monoisotopic (exact) mass is 271 g/mol. The lowest BCUT2D eigenvalue weighted by atomic mass is 10.3. The van der Waals surface area contributed by atoms with Gasteiger partial charge in [-0.1, -0.05) is 23.2 Å². The second-order valence-corrected chi connectivity index (χ2v) is 4.63. The molecule has 0 aliphatic carbocycles. The van der Waals surface area contributed by atoms with Gasteiger partial charge in [0.2, 0.25) is 0 Å². The van der Waals surface area contributed by atoms with Crippen molar-refractivity contribution in [3.8, 4) is 0 Å². The Hall–Kier alpha value is -1.26. The van der Waals surface area contributed by atoms with Gasteiger partial charge in [-0.05, 0) is 25.1 Å². The quantitative estimate of drug-likeness (QED) is 0.868. The van der Waals surface area contributed by atoms with Gasteiger partial charge < -0.3 is 10.6 Å². The van der Waals surface area contributed by atoms with Gasteiger partial charge in [0.25, 0.3) is 5.91 Å². The molecule has 6 heteroatoms. The number of aliphatic imine (C=N–C) groups is 1. The fraction of sp³-hybridized carbons (Fsp3) is 0.273. The van der Waals surface area contributed by atoms with Crippen LogP contribution in [0, 0.1) is 0 Å². The molecule has 2 N–H and O–H groups in total. The van der Waals surface area contributed by atoms with Crippen molar-refractivity contribution in [2.24, 2.45) is 4.99 Å². The Morgan fingerprint density at radius 1 is 1.47 bits per heavy atom. The number of halogens is 2. The molecule has 1 aliphatic rings. The highest BCUT2D eigenvalue weighted by atomic mass is 35.5. The van der Waals surface area contributed by atoms with E-state index in [0.29, 0.717) is 28.1 Å². The highest BCUT2D eigenvalue weighted by Crippen LogP contribution is 2.24. The van der Waals surface area contributed by atoms with Gasteiger partial charge in [-0.15, -0.1) is 0 Å². The van der Waals surface area contributed by atoms with E-state index < -0.39 is 0 Å². The van der Waals surface area contributed by atoms with Gasteiger partial charge in [0.15, 0.2) is 5.84 Å². The zero-order valence-corrected chi connectivity index (χ0v) is 10.6. The van der Waals surface area contributed by atoms with Gasteiger partial charge >= 0.3 is 0 Å². The number of rotatable bonds is 2. The molecule has 0 saturated carbocycles. The molecule has 90 valence electrons. The first-order valence-electron chi connectivity index (χ1n) is 5.13. The molecule has 1 heterocycles. The van der Waals surface area contributed by atoms with Gasteiger partial charge in [-0.3, -0.25) is 9.79 Å². The van der Waals surface area contributed by atoms with Crippen molar-refractivity contribution < 1.29 is 4.79 Å². The number of hydrogen-bond donors (Lipinski definition) is 2. The third-order valence-electron chi connectivity index (χ3n) is 2.30. The van der Waals surface area contributed by atoms with E-state index in [2.05, 4.69) is 15.6 Å². The molecule has 0 aromatic heterocycles. The van der Waals surface area contributed by atoms with Gasteiger partial charge in [-0.25, -0.2) is 0 Å². The number of benzene rings is 1. The molecule has 1 amide bonds. The first-order chi connectivity index (χ1) is 8.06. The predicted octanol–water partition coefficient (Wildman–Crippen LogP) is 2.32. The predicted molar refractivity (Wildman–Crippen MR) is 70.0 cm³/mol. The number of nitrogens with zero attached hydrogens (tertiary/aromatic N) is 1. The van der Waals surface area contributed by atoms with Crippen LogP contribution in [-0.2, 0) is 4.79 Å². The molecule has 1 aromatic rings. The summed E-state index contributed by atoms with van der Waals surface area (Å²) in [7, 11) is 0. The van der Waals surface area contributed by atoms with Crippen LogP contribution in [0.1, 0.15) is 6.92 Å². The minimum Gasteiger partial charge on any atom is -0.361 e. The maximum Gasteiger partial charge on any atom is 0.290 e. The zero-order valence-electron chi connectivity index (χ0n) is 9.13. The normalized spacial score (nSPS) is 18.5. The summed E-state index contributed by atoms with van der Waals surface area (Å²) in [6.07, 6.45) is 0. The van der Waals surface area contributed by atoms with E-state index in [-0.39, 0.29) is 11.9 Å². The van der Waals surface area contributed by atoms with E-state index in [1.165, 1.54) is 0 Å². The molecule has 0 bridgehead atoms. The third kappa shape index (κ3) is 2.90. The van der Waals surface area contributed by atoms with Crippen LogP contribution >= 0.6 is 23.2 Å². The summed E-state index contributed by atoms with van der Waals surface area (Å²) >= 11 is 11.6. The largest absolute Gasteiger partial charge is 0.361 e. The van der Waals surface area contributed by atoms with E-state index in [9.17, 15) is 4.79 Å². The van der Waals surface area contributed by atoms with Gasteiger partial charge in [0.1, 0.15) is 0 Å².